The lowest BCUT2D eigenvalue weighted by molar-refractivity contribution is 0.0716. The van der Waals surface area contributed by atoms with Crippen molar-refractivity contribution in [2.75, 3.05) is 38.2 Å². The van der Waals surface area contributed by atoms with Crippen LogP contribution in [0, 0.1) is 13.8 Å². The Balaban J connectivity index is 1.36. The molecule has 0 N–H and O–H groups in total. The third-order valence-corrected chi connectivity index (χ3v) is 6.14. The minimum Gasteiger partial charge on any atom is -0.494 e. The molecule has 31 heavy (non-hydrogen) atoms. The smallest absolute Gasteiger partial charge is 0.290 e. The molecule has 2 aromatic carbocycles. The van der Waals surface area contributed by atoms with Gasteiger partial charge < -0.3 is 19.0 Å². The van der Waals surface area contributed by atoms with Crippen LogP contribution in [0.3, 0.4) is 0 Å². The Morgan fingerprint density at radius 3 is 2.48 bits per heavy atom. The number of methoxy groups -OCH3 is 1. The van der Waals surface area contributed by atoms with E-state index in [1.807, 2.05) is 48.2 Å². The molecule has 0 aliphatic carbocycles. The van der Waals surface area contributed by atoms with Gasteiger partial charge in [0, 0.05) is 42.5 Å². The molecular weight excluding hydrogens is 390 g/mol. The predicted octanol–water partition coefficient (Wildman–Crippen LogP) is 4.57. The first-order valence-corrected chi connectivity index (χ1v) is 10.5. The van der Waals surface area contributed by atoms with Gasteiger partial charge in [-0.2, -0.15) is 0 Å². The number of hydrogen-bond donors (Lipinski definition) is 0. The van der Waals surface area contributed by atoms with Gasteiger partial charge in [-0.1, -0.05) is 30.3 Å². The van der Waals surface area contributed by atoms with Crippen molar-refractivity contribution in [1.29, 1.82) is 0 Å². The first kappa shape index (κ1) is 19.4. The number of para-hydroxylation sites is 2. The summed E-state index contributed by atoms with van der Waals surface area (Å²) < 4.78 is 11.4. The van der Waals surface area contributed by atoms with Crippen molar-refractivity contribution in [1.82, 2.24) is 9.88 Å². The average molecular weight is 415 g/mol. The number of aromatic nitrogens is 1. The van der Waals surface area contributed by atoms with Gasteiger partial charge in [0.2, 0.25) is 0 Å². The fourth-order valence-corrected chi connectivity index (χ4v) is 4.36. The van der Waals surface area contributed by atoms with Crippen LogP contribution in [0.4, 0.5) is 5.82 Å². The maximum Gasteiger partial charge on any atom is 0.290 e. The van der Waals surface area contributed by atoms with Crippen molar-refractivity contribution in [3.63, 3.8) is 0 Å². The third-order valence-electron chi connectivity index (χ3n) is 6.14. The fraction of sp³-hybridized carbons (Fsp3) is 0.280. The minimum atomic E-state index is -0.0438. The number of amides is 1. The number of fused-ring (bicyclic) bond motifs is 2. The molecule has 0 spiro atoms. The molecule has 6 nitrogen and oxygen atoms in total. The summed E-state index contributed by atoms with van der Waals surface area (Å²) in [7, 11) is 1.67. The summed E-state index contributed by atoms with van der Waals surface area (Å²) in [6.07, 6.45) is 0. The van der Waals surface area contributed by atoms with Crippen molar-refractivity contribution in [3.8, 4) is 5.75 Å². The number of hydrogen-bond acceptors (Lipinski definition) is 5. The van der Waals surface area contributed by atoms with E-state index in [-0.39, 0.29) is 5.91 Å². The zero-order valence-electron chi connectivity index (χ0n) is 18.0. The number of benzene rings is 2. The second-order valence-corrected chi connectivity index (χ2v) is 7.99. The number of nitrogens with zero attached hydrogens (tertiary/aromatic N) is 3. The molecule has 5 rings (SSSR count). The molecule has 0 unspecified atom stereocenters. The van der Waals surface area contributed by atoms with Crippen molar-refractivity contribution >= 4 is 33.6 Å². The Labute approximate surface area is 181 Å². The van der Waals surface area contributed by atoms with E-state index < -0.39 is 0 Å². The molecule has 1 aliphatic rings. The van der Waals surface area contributed by atoms with Crippen LogP contribution in [0.5, 0.6) is 5.75 Å². The van der Waals surface area contributed by atoms with E-state index in [4.69, 9.17) is 14.1 Å². The highest BCUT2D eigenvalue weighted by molar-refractivity contribution is 5.99. The van der Waals surface area contributed by atoms with Crippen molar-refractivity contribution < 1.29 is 13.9 Å². The van der Waals surface area contributed by atoms with Crippen LogP contribution >= 0.6 is 0 Å². The third kappa shape index (κ3) is 3.28. The van der Waals surface area contributed by atoms with Crippen LogP contribution in [-0.4, -0.2) is 49.1 Å². The summed E-state index contributed by atoms with van der Waals surface area (Å²) in [6, 6.07) is 15.9. The van der Waals surface area contributed by atoms with Gasteiger partial charge in [-0.05, 0) is 37.6 Å². The number of furan rings is 1. The number of carbonyl (C=O) groups excluding carboxylic acids is 1. The first-order valence-electron chi connectivity index (χ1n) is 10.5. The molecule has 0 saturated carbocycles. The molecule has 1 fully saturated rings. The van der Waals surface area contributed by atoms with Gasteiger partial charge >= 0.3 is 0 Å². The number of anilines is 1. The quantitative estimate of drug-likeness (QED) is 0.491. The summed E-state index contributed by atoms with van der Waals surface area (Å²) in [5.74, 6) is 2.09. The lowest BCUT2D eigenvalue weighted by Crippen LogP contribution is -2.49. The van der Waals surface area contributed by atoms with Crippen molar-refractivity contribution in [2.24, 2.45) is 0 Å². The highest BCUT2D eigenvalue weighted by atomic mass is 16.5. The average Bonchev–Trinajstić information content (AvgIpc) is 3.15. The SMILES string of the molecule is COc1cccc2c(C)cc(N3CCN(C(=O)c4oc5ccccc5c4C)CC3)nc12. The summed E-state index contributed by atoms with van der Waals surface area (Å²) in [5, 5.41) is 2.09. The number of rotatable bonds is 3. The first-order chi connectivity index (χ1) is 15.1. The molecular formula is C25H25N3O3. The van der Waals surface area contributed by atoms with Gasteiger partial charge in [-0.3, -0.25) is 4.79 Å². The number of pyridine rings is 1. The Morgan fingerprint density at radius 1 is 1.00 bits per heavy atom. The minimum absolute atomic E-state index is 0.0438. The van der Waals surface area contributed by atoms with E-state index in [0.29, 0.717) is 18.8 Å². The van der Waals surface area contributed by atoms with E-state index in [1.165, 1.54) is 0 Å². The van der Waals surface area contributed by atoms with Crippen LogP contribution in [0.2, 0.25) is 0 Å². The van der Waals surface area contributed by atoms with Crippen molar-refractivity contribution in [3.05, 3.63) is 65.4 Å². The standard InChI is InChI=1S/C25H25N3O3/c1-16-15-22(26-23-18(16)8-6-10-21(23)30-3)27-11-13-28(14-12-27)25(29)24-17(2)19-7-4-5-9-20(19)31-24/h4-10,15H,11-14H2,1-3H3. The van der Waals surface area contributed by atoms with Crippen molar-refractivity contribution in [2.45, 2.75) is 13.8 Å². The van der Waals surface area contributed by atoms with E-state index in [0.717, 1.165) is 57.7 Å². The van der Waals surface area contributed by atoms with Crippen LogP contribution in [0.15, 0.2) is 52.9 Å². The molecule has 6 heteroatoms. The van der Waals surface area contributed by atoms with E-state index in [2.05, 4.69) is 24.0 Å². The Morgan fingerprint density at radius 2 is 1.74 bits per heavy atom. The maximum atomic E-state index is 13.1. The summed E-state index contributed by atoms with van der Waals surface area (Å²) in [4.78, 5) is 22.1. The topological polar surface area (TPSA) is 58.8 Å². The second-order valence-electron chi connectivity index (χ2n) is 7.99. The Hall–Kier alpha value is -3.54. The monoisotopic (exact) mass is 415 g/mol. The number of piperazine rings is 1. The van der Waals surface area contributed by atoms with Gasteiger partial charge in [-0.25, -0.2) is 4.98 Å². The Kier molecular flexibility index (Phi) is 4.77. The van der Waals surface area contributed by atoms with Crippen LogP contribution in [-0.2, 0) is 0 Å². The van der Waals surface area contributed by atoms with E-state index >= 15 is 0 Å². The Bertz CT molecular complexity index is 1290. The predicted molar refractivity (Wildman–Crippen MR) is 122 cm³/mol. The number of ether oxygens (including phenoxy) is 1. The van der Waals surface area contributed by atoms with Crippen LogP contribution in [0.1, 0.15) is 21.7 Å². The van der Waals surface area contributed by atoms with Crippen LogP contribution < -0.4 is 9.64 Å². The molecule has 0 radical (unpaired) electrons. The molecule has 0 atom stereocenters. The highest BCUT2D eigenvalue weighted by Crippen LogP contribution is 2.30. The molecule has 1 amide bonds. The number of carbonyl (C=O) groups is 1. The molecule has 158 valence electrons. The van der Waals surface area contributed by atoms with Gasteiger partial charge in [-0.15, -0.1) is 0 Å². The van der Waals surface area contributed by atoms with Gasteiger partial charge in [0.25, 0.3) is 5.91 Å². The normalized spacial score (nSPS) is 14.4. The second kappa shape index (κ2) is 7.61. The maximum absolute atomic E-state index is 13.1. The van der Waals surface area contributed by atoms with Gasteiger partial charge in [0.15, 0.2) is 5.76 Å². The molecule has 2 aromatic heterocycles. The molecule has 1 aliphatic heterocycles. The molecule has 3 heterocycles. The van der Waals surface area contributed by atoms with Gasteiger partial charge in [0.05, 0.1) is 7.11 Å². The molecule has 4 aromatic rings. The lowest BCUT2D eigenvalue weighted by Gasteiger charge is -2.35. The zero-order valence-corrected chi connectivity index (χ0v) is 18.0. The zero-order chi connectivity index (χ0) is 21.5. The summed E-state index contributed by atoms with van der Waals surface area (Å²) >= 11 is 0. The molecule has 1 saturated heterocycles. The lowest BCUT2D eigenvalue weighted by atomic mass is 10.1. The van der Waals surface area contributed by atoms with E-state index in [9.17, 15) is 4.79 Å². The van der Waals surface area contributed by atoms with E-state index in [1.54, 1.807) is 7.11 Å². The summed E-state index contributed by atoms with van der Waals surface area (Å²) in [6.45, 7) is 6.73. The number of aryl methyl sites for hydroxylation is 2. The highest BCUT2D eigenvalue weighted by Gasteiger charge is 2.27. The van der Waals surface area contributed by atoms with Crippen LogP contribution in [0.25, 0.3) is 21.9 Å². The largest absolute Gasteiger partial charge is 0.494 e. The fourth-order valence-electron chi connectivity index (χ4n) is 4.36. The van der Waals surface area contributed by atoms with Gasteiger partial charge in [0.1, 0.15) is 22.7 Å². The summed E-state index contributed by atoms with van der Waals surface area (Å²) in [5.41, 5.74) is 3.69. The molecule has 0 bridgehead atoms.